The molecular weight excluding hydrogens is 340 g/mol. The van der Waals surface area contributed by atoms with Crippen LogP contribution in [0, 0.1) is 5.92 Å². The fourth-order valence-corrected chi connectivity index (χ4v) is 4.77. The smallest absolute Gasteiger partial charge is 0.227 e. The molecule has 1 aromatic heterocycles. The minimum absolute atomic E-state index is 0.187. The van der Waals surface area contributed by atoms with E-state index in [1.807, 2.05) is 17.3 Å². The van der Waals surface area contributed by atoms with Crippen LogP contribution >= 0.6 is 0 Å². The predicted molar refractivity (Wildman–Crippen MR) is 104 cm³/mol. The molecule has 148 valence electrons. The first-order chi connectivity index (χ1) is 13.3. The summed E-state index contributed by atoms with van der Waals surface area (Å²) >= 11 is 0. The number of morpholine rings is 1. The second kappa shape index (κ2) is 9.13. The van der Waals surface area contributed by atoms with Crippen LogP contribution in [0.3, 0.4) is 0 Å². The number of rotatable bonds is 4. The number of piperidine rings is 2. The molecule has 6 nitrogen and oxygen atoms in total. The topological polar surface area (TPSA) is 48.9 Å². The molecule has 1 unspecified atom stereocenters. The number of amides is 1. The van der Waals surface area contributed by atoms with Crippen molar-refractivity contribution >= 4 is 5.91 Å². The van der Waals surface area contributed by atoms with Gasteiger partial charge >= 0.3 is 0 Å². The molecule has 0 spiro atoms. The SMILES string of the molecule is O=C(C1CCCN(C2CCN(Cc3ccncc3)CC2)C1)N1CCOCC1. The number of nitrogens with zero attached hydrogens (tertiary/aromatic N) is 4. The Hall–Kier alpha value is -1.50. The Labute approximate surface area is 162 Å². The molecule has 6 heteroatoms. The zero-order chi connectivity index (χ0) is 18.5. The van der Waals surface area contributed by atoms with Gasteiger partial charge in [-0.2, -0.15) is 0 Å². The molecule has 1 atom stereocenters. The minimum atomic E-state index is 0.187. The van der Waals surface area contributed by atoms with E-state index in [1.54, 1.807) is 0 Å². The molecule has 0 aromatic carbocycles. The summed E-state index contributed by atoms with van der Waals surface area (Å²) in [6.07, 6.45) is 8.38. The van der Waals surface area contributed by atoms with Gasteiger partial charge in [-0.05, 0) is 63.0 Å². The highest BCUT2D eigenvalue weighted by atomic mass is 16.5. The van der Waals surface area contributed by atoms with Crippen molar-refractivity contribution in [2.45, 2.75) is 38.3 Å². The van der Waals surface area contributed by atoms with Crippen molar-refractivity contribution in [3.63, 3.8) is 0 Å². The van der Waals surface area contributed by atoms with Gasteiger partial charge in [0.15, 0.2) is 0 Å². The third kappa shape index (κ3) is 4.86. The van der Waals surface area contributed by atoms with Gasteiger partial charge in [-0.3, -0.25) is 19.6 Å². The van der Waals surface area contributed by atoms with Crippen molar-refractivity contribution in [1.82, 2.24) is 19.7 Å². The van der Waals surface area contributed by atoms with Crippen LogP contribution in [0.1, 0.15) is 31.2 Å². The summed E-state index contributed by atoms with van der Waals surface area (Å²) in [7, 11) is 0. The average Bonchev–Trinajstić information content (AvgIpc) is 2.75. The van der Waals surface area contributed by atoms with Crippen LogP contribution in [0.2, 0.25) is 0 Å². The van der Waals surface area contributed by atoms with Crippen LogP contribution in [-0.4, -0.2) is 84.1 Å². The van der Waals surface area contributed by atoms with Crippen molar-refractivity contribution in [1.29, 1.82) is 0 Å². The number of aromatic nitrogens is 1. The Morgan fingerprint density at radius 2 is 1.78 bits per heavy atom. The predicted octanol–water partition coefficient (Wildman–Crippen LogP) is 1.62. The monoisotopic (exact) mass is 372 g/mol. The summed E-state index contributed by atoms with van der Waals surface area (Å²) in [6, 6.07) is 4.86. The van der Waals surface area contributed by atoms with E-state index in [2.05, 4.69) is 26.9 Å². The Morgan fingerprint density at radius 3 is 2.52 bits per heavy atom. The normalized spacial score (nSPS) is 26.2. The van der Waals surface area contributed by atoms with Crippen molar-refractivity contribution in [3.05, 3.63) is 30.1 Å². The summed E-state index contributed by atoms with van der Waals surface area (Å²) < 4.78 is 5.39. The molecule has 0 saturated carbocycles. The lowest BCUT2D eigenvalue weighted by molar-refractivity contribution is -0.142. The Balaban J connectivity index is 1.26. The summed E-state index contributed by atoms with van der Waals surface area (Å²) in [6.45, 7) is 8.33. The lowest BCUT2D eigenvalue weighted by atomic mass is 9.92. The summed E-state index contributed by atoms with van der Waals surface area (Å²) in [4.78, 5) is 24.1. The van der Waals surface area contributed by atoms with Crippen LogP contribution in [0.4, 0.5) is 0 Å². The van der Waals surface area contributed by atoms with Crippen LogP contribution in [0.15, 0.2) is 24.5 Å². The van der Waals surface area contributed by atoms with Crippen molar-refractivity contribution in [2.24, 2.45) is 5.92 Å². The van der Waals surface area contributed by atoms with Crippen LogP contribution in [0.5, 0.6) is 0 Å². The van der Waals surface area contributed by atoms with Crippen LogP contribution in [0.25, 0.3) is 0 Å². The molecule has 4 rings (SSSR count). The number of carbonyl (C=O) groups excluding carboxylic acids is 1. The van der Waals surface area contributed by atoms with E-state index >= 15 is 0 Å². The molecule has 27 heavy (non-hydrogen) atoms. The Morgan fingerprint density at radius 1 is 1.04 bits per heavy atom. The third-order valence-corrected chi connectivity index (χ3v) is 6.35. The Bertz CT molecular complexity index is 597. The molecule has 3 saturated heterocycles. The van der Waals surface area contributed by atoms with Crippen molar-refractivity contribution in [3.8, 4) is 0 Å². The number of hydrogen-bond donors (Lipinski definition) is 0. The van der Waals surface area contributed by atoms with E-state index in [4.69, 9.17) is 4.74 Å². The summed E-state index contributed by atoms with van der Waals surface area (Å²) in [5.74, 6) is 0.546. The molecule has 3 aliphatic heterocycles. The lowest BCUT2D eigenvalue weighted by Gasteiger charge is -2.43. The van der Waals surface area contributed by atoms with Gasteiger partial charge in [0, 0.05) is 44.6 Å². The number of ether oxygens (including phenoxy) is 1. The quantitative estimate of drug-likeness (QED) is 0.804. The Kier molecular flexibility index (Phi) is 6.37. The highest BCUT2D eigenvalue weighted by molar-refractivity contribution is 5.79. The second-order valence-electron chi connectivity index (χ2n) is 8.13. The minimum Gasteiger partial charge on any atom is -0.378 e. The molecule has 3 fully saturated rings. The number of pyridine rings is 1. The maximum Gasteiger partial charge on any atom is 0.227 e. The van der Waals surface area contributed by atoms with E-state index in [0.717, 1.165) is 58.7 Å². The average molecular weight is 373 g/mol. The highest BCUT2D eigenvalue weighted by Crippen LogP contribution is 2.26. The van der Waals surface area contributed by atoms with E-state index in [9.17, 15) is 4.79 Å². The van der Waals surface area contributed by atoms with Crippen LogP contribution < -0.4 is 0 Å². The first-order valence-electron chi connectivity index (χ1n) is 10.5. The van der Waals surface area contributed by atoms with Gasteiger partial charge in [-0.1, -0.05) is 0 Å². The number of likely N-dealkylation sites (tertiary alicyclic amines) is 2. The lowest BCUT2D eigenvalue weighted by Crippen LogP contribution is -2.52. The van der Waals surface area contributed by atoms with E-state index < -0.39 is 0 Å². The van der Waals surface area contributed by atoms with Gasteiger partial charge in [0.1, 0.15) is 0 Å². The molecule has 1 amide bonds. The van der Waals surface area contributed by atoms with Gasteiger partial charge in [0.25, 0.3) is 0 Å². The van der Waals surface area contributed by atoms with E-state index in [1.165, 1.54) is 18.4 Å². The van der Waals surface area contributed by atoms with Gasteiger partial charge < -0.3 is 9.64 Å². The van der Waals surface area contributed by atoms with E-state index in [-0.39, 0.29) is 5.92 Å². The van der Waals surface area contributed by atoms with E-state index in [0.29, 0.717) is 25.2 Å². The first kappa shape index (κ1) is 18.8. The van der Waals surface area contributed by atoms with Gasteiger partial charge in [0.05, 0.1) is 19.1 Å². The van der Waals surface area contributed by atoms with Gasteiger partial charge in [0.2, 0.25) is 5.91 Å². The largest absolute Gasteiger partial charge is 0.378 e. The fourth-order valence-electron chi connectivity index (χ4n) is 4.77. The van der Waals surface area contributed by atoms with Gasteiger partial charge in [-0.25, -0.2) is 0 Å². The molecule has 4 heterocycles. The highest BCUT2D eigenvalue weighted by Gasteiger charge is 2.33. The molecule has 0 aliphatic carbocycles. The standard InChI is InChI=1S/C21H32N4O2/c26-21(24-12-14-27-15-13-24)19-2-1-9-25(17-19)20-5-10-23(11-6-20)16-18-3-7-22-8-4-18/h3-4,7-8,19-20H,1-2,5-6,9-17H2. The molecule has 0 N–H and O–H groups in total. The zero-order valence-corrected chi connectivity index (χ0v) is 16.3. The van der Waals surface area contributed by atoms with Gasteiger partial charge in [-0.15, -0.1) is 0 Å². The van der Waals surface area contributed by atoms with Crippen molar-refractivity contribution in [2.75, 3.05) is 52.5 Å². The summed E-state index contributed by atoms with van der Waals surface area (Å²) in [5, 5.41) is 0. The zero-order valence-electron chi connectivity index (χ0n) is 16.3. The van der Waals surface area contributed by atoms with Crippen LogP contribution in [-0.2, 0) is 16.1 Å². The second-order valence-corrected chi connectivity index (χ2v) is 8.13. The fraction of sp³-hybridized carbons (Fsp3) is 0.714. The molecule has 1 aromatic rings. The third-order valence-electron chi connectivity index (χ3n) is 6.35. The maximum absolute atomic E-state index is 12.9. The molecule has 0 radical (unpaired) electrons. The number of hydrogen-bond acceptors (Lipinski definition) is 5. The molecular formula is C21H32N4O2. The first-order valence-corrected chi connectivity index (χ1v) is 10.5. The number of carbonyl (C=O) groups is 1. The molecule has 0 bridgehead atoms. The van der Waals surface area contributed by atoms with Crippen molar-refractivity contribution < 1.29 is 9.53 Å². The molecule has 3 aliphatic rings. The maximum atomic E-state index is 12.9. The summed E-state index contributed by atoms with van der Waals surface area (Å²) in [5.41, 5.74) is 1.34.